The third-order valence-electron chi connectivity index (χ3n) is 4.51. The number of hydrogen-bond donors (Lipinski definition) is 3. The van der Waals surface area contributed by atoms with Crippen LogP contribution >= 0.6 is 0 Å². The molecule has 1 fully saturated rings. The summed E-state index contributed by atoms with van der Waals surface area (Å²) < 4.78 is 76.5. The van der Waals surface area contributed by atoms with Crippen LogP contribution in [-0.4, -0.2) is 56.0 Å². The van der Waals surface area contributed by atoms with Crippen LogP contribution < -0.4 is 14.8 Å². The molecule has 9 nitrogen and oxygen atoms in total. The predicted molar refractivity (Wildman–Crippen MR) is 103 cm³/mol. The lowest BCUT2D eigenvalue weighted by Crippen LogP contribution is -2.34. The molecule has 1 aromatic heterocycles. The lowest BCUT2D eigenvalue weighted by Gasteiger charge is -2.23. The molecular formula is C18H21F3N4O5S. The second-order valence-electron chi connectivity index (χ2n) is 6.71. The first-order valence-corrected chi connectivity index (χ1v) is 10.8. The van der Waals surface area contributed by atoms with Crippen molar-refractivity contribution in [2.75, 3.05) is 25.6 Å². The normalized spacial score (nSPS) is 20.2. The van der Waals surface area contributed by atoms with E-state index in [9.17, 15) is 26.7 Å². The van der Waals surface area contributed by atoms with E-state index in [2.05, 4.69) is 20.0 Å². The van der Waals surface area contributed by atoms with E-state index >= 15 is 0 Å². The number of hydrogen-bond acceptors (Lipinski definition) is 8. The highest BCUT2D eigenvalue weighted by molar-refractivity contribution is 7.89. The summed E-state index contributed by atoms with van der Waals surface area (Å²) in [7, 11) is -2.35. The minimum absolute atomic E-state index is 0.0162. The van der Waals surface area contributed by atoms with Gasteiger partial charge in [-0.2, -0.15) is 18.2 Å². The monoisotopic (exact) mass is 462 g/mol. The topological polar surface area (TPSA) is 123 Å². The molecule has 13 heteroatoms. The minimum atomic E-state index is -4.76. The van der Waals surface area contributed by atoms with Crippen molar-refractivity contribution in [3.8, 4) is 5.88 Å². The van der Waals surface area contributed by atoms with Crippen molar-refractivity contribution < 1.29 is 36.2 Å². The van der Waals surface area contributed by atoms with Crippen molar-refractivity contribution in [2.24, 2.45) is 0 Å². The Morgan fingerprint density at radius 3 is 2.61 bits per heavy atom. The van der Waals surface area contributed by atoms with Gasteiger partial charge in [-0.1, -0.05) is 0 Å². The maximum atomic E-state index is 13.4. The second-order valence-corrected chi connectivity index (χ2v) is 8.59. The Hall–Kier alpha value is -2.48. The second kappa shape index (κ2) is 9.34. The predicted octanol–water partition coefficient (Wildman–Crippen LogP) is 2.07. The minimum Gasteiger partial charge on any atom is -0.471 e. The summed E-state index contributed by atoms with van der Waals surface area (Å²) in [5, 5.41) is 12.8. The lowest BCUT2D eigenvalue weighted by atomic mass is 10.1. The van der Waals surface area contributed by atoms with Crippen LogP contribution in [0, 0.1) is 0 Å². The molecule has 1 aliphatic heterocycles. The summed E-state index contributed by atoms with van der Waals surface area (Å²) in [4.78, 5) is 7.53. The molecule has 1 aromatic carbocycles. The molecule has 2 atom stereocenters. The molecule has 170 valence electrons. The van der Waals surface area contributed by atoms with Crippen molar-refractivity contribution in [2.45, 2.75) is 36.1 Å². The van der Waals surface area contributed by atoms with Crippen LogP contribution in [0.25, 0.3) is 0 Å². The van der Waals surface area contributed by atoms with Crippen LogP contribution in [0.3, 0.4) is 0 Å². The Bertz CT molecular complexity index is 1000. The van der Waals surface area contributed by atoms with Gasteiger partial charge in [0.25, 0.3) is 0 Å². The van der Waals surface area contributed by atoms with E-state index in [1.165, 1.54) is 31.3 Å². The van der Waals surface area contributed by atoms with Gasteiger partial charge in [-0.25, -0.2) is 18.1 Å². The largest absolute Gasteiger partial charge is 0.471 e. The Kier molecular flexibility index (Phi) is 6.99. The van der Waals surface area contributed by atoms with Gasteiger partial charge in [-0.05, 0) is 44.2 Å². The Labute approximate surface area is 176 Å². The van der Waals surface area contributed by atoms with E-state index in [-0.39, 0.29) is 17.5 Å². The summed E-state index contributed by atoms with van der Waals surface area (Å²) in [5.74, 6) is -0.906. The molecule has 0 radical (unpaired) electrons. The van der Waals surface area contributed by atoms with Crippen molar-refractivity contribution in [3.63, 3.8) is 0 Å². The average Bonchev–Trinajstić information content (AvgIpc) is 2.92. The van der Waals surface area contributed by atoms with E-state index in [0.29, 0.717) is 31.3 Å². The fraction of sp³-hybridized carbons (Fsp3) is 0.444. The van der Waals surface area contributed by atoms with Gasteiger partial charge in [-0.3, -0.25) is 0 Å². The van der Waals surface area contributed by atoms with E-state index in [4.69, 9.17) is 9.47 Å². The van der Waals surface area contributed by atoms with Gasteiger partial charge in [0.2, 0.25) is 21.9 Å². The maximum Gasteiger partial charge on any atom is 0.423 e. The van der Waals surface area contributed by atoms with Gasteiger partial charge in [-0.15, -0.1) is 0 Å². The molecule has 31 heavy (non-hydrogen) atoms. The smallest absolute Gasteiger partial charge is 0.423 e. The molecule has 1 saturated heterocycles. The van der Waals surface area contributed by atoms with Gasteiger partial charge in [0.05, 0.1) is 11.5 Å². The number of benzene rings is 1. The molecule has 2 heterocycles. The highest BCUT2D eigenvalue weighted by atomic mass is 32.2. The first-order chi connectivity index (χ1) is 14.6. The summed E-state index contributed by atoms with van der Waals surface area (Å²) in [5.41, 5.74) is -0.825. The highest BCUT2D eigenvalue weighted by Gasteiger charge is 2.38. The van der Waals surface area contributed by atoms with E-state index in [1.54, 1.807) is 0 Å². The molecule has 0 bridgehead atoms. The molecule has 0 saturated carbocycles. The van der Waals surface area contributed by atoms with Gasteiger partial charge in [0.15, 0.2) is 0 Å². The first-order valence-electron chi connectivity index (χ1n) is 9.27. The maximum absolute atomic E-state index is 13.4. The number of alkyl halides is 3. The third kappa shape index (κ3) is 5.81. The number of nitrogens with one attached hydrogen (secondary N) is 2. The molecule has 3 rings (SSSR count). The Balaban J connectivity index is 1.86. The molecule has 0 spiro atoms. The van der Waals surface area contributed by atoms with E-state index < -0.39 is 39.9 Å². The molecule has 0 aliphatic carbocycles. The molecule has 1 aliphatic rings. The van der Waals surface area contributed by atoms with Crippen molar-refractivity contribution in [1.29, 1.82) is 0 Å². The zero-order valence-electron chi connectivity index (χ0n) is 16.4. The SMILES string of the molecule is CNS(=O)(=O)c1ccc(Nc2ncc(C(F)(F)F)c(O[C@@H]3CCCOC[C@H]3O)n2)cc1. The van der Waals surface area contributed by atoms with Crippen LogP contribution in [0.5, 0.6) is 5.88 Å². The standard InChI is InChI=1S/C18H21F3N4O5S/c1-22-31(27,28)12-6-4-11(5-7-12)24-17-23-9-13(18(19,20)21)16(25-17)30-15-3-2-8-29-10-14(15)26/h4-7,9,14-15,22,26H,2-3,8,10H2,1H3,(H,23,24,25)/t14-,15-/m1/s1. The fourth-order valence-electron chi connectivity index (χ4n) is 2.85. The average molecular weight is 462 g/mol. The Morgan fingerprint density at radius 1 is 1.26 bits per heavy atom. The van der Waals surface area contributed by atoms with Gasteiger partial charge < -0.3 is 19.9 Å². The van der Waals surface area contributed by atoms with Crippen LogP contribution in [0.1, 0.15) is 18.4 Å². The fourth-order valence-corrected chi connectivity index (χ4v) is 3.58. The lowest BCUT2D eigenvalue weighted by molar-refractivity contribution is -0.140. The van der Waals surface area contributed by atoms with Crippen LogP contribution in [0.15, 0.2) is 35.4 Å². The zero-order valence-corrected chi connectivity index (χ0v) is 17.2. The van der Waals surface area contributed by atoms with Crippen molar-refractivity contribution >= 4 is 21.7 Å². The molecule has 3 N–H and O–H groups in total. The summed E-state index contributed by atoms with van der Waals surface area (Å²) in [6, 6.07) is 5.46. The van der Waals surface area contributed by atoms with E-state index in [0.717, 1.165) is 0 Å². The quantitative estimate of drug-likeness (QED) is 0.596. The van der Waals surface area contributed by atoms with Crippen molar-refractivity contribution in [1.82, 2.24) is 14.7 Å². The van der Waals surface area contributed by atoms with Crippen molar-refractivity contribution in [3.05, 3.63) is 36.0 Å². The summed E-state index contributed by atoms with van der Waals surface area (Å²) >= 11 is 0. The van der Waals surface area contributed by atoms with Gasteiger partial charge >= 0.3 is 6.18 Å². The summed E-state index contributed by atoms with van der Waals surface area (Å²) in [6.07, 6.45) is -5.38. The number of nitrogens with zero attached hydrogens (tertiary/aromatic N) is 2. The third-order valence-corrected chi connectivity index (χ3v) is 5.94. The number of sulfonamides is 1. The molecular weight excluding hydrogens is 441 g/mol. The van der Waals surface area contributed by atoms with Gasteiger partial charge in [0.1, 0.15) is 17.8 Å². The molecule has 0 unspecified atom stereocenters. The first kappa shape index (κ1) is 23.2. The highest BCUT2D eigenvalue weighted by Crippen LogP contribution is 2.36. The van der Waals surface area contributed by atoms with Crippen LogP contribution in [-0.2, 0) is 20.9 Å². The van der Waals surface area contributed by atoms with Crippen LogP contribution in [0.2, 0.25) is 0 Å². The molecule has 0 amide bonds. The number of rotatable bonds is 6. The Morgan fingerprint density at radius 2 is 1.97 bits per heavy atom. The van der Waals surface area contributed by atoms with Gasteiger partial charge in [0, 0.05) is 18.5 Å². The molecule has 2 aromatic rings. The summed E-state index contributed by atoms with van der Waals surface area (Å²) in [6.45, 7) is 0.322. The zero-order chi connectivity index (χ0) is 22.6. The van der Waals surface area contributed by atoms with Crippen LogP contribution in [0.4, 0.5) is 24.8 Å². The number of anilines is 2. The number of aliphatic hydroxyl groups excluding tert-OH is 1. The van der Waals surface area contributed by atoms with E-state index in [1.807, 2.05) is 0 Å². The number of halogens is 3. The number of ether oxygens (including phenoxy) is 2. The number of aliphatic hydroxyl groups is 1. The number of aromatic nitrogens is 2.